The second-order valence-electron chi connectivity index (χ2n) is 6.30. The summed E-state index contributed by atoms with van der Waals surface area (Å²) in [6, 6.07) is 3.08. The van der Waals surface area contributed by atoms with Crippen LogP contribution in [0.2, 0.25) is 5.02 Å². The average Bonchev–Trinajstić information content (AvgIpc) is 2.91. The largest absolute Gasteiger partial charge is 0.456 e. The number of anilines is 1. The molecule has 2 atom stereocenters. The molecule has 3 amide bonds. The lowest BCUT2D eigenvalue weighted by Crippen LogP contribution is -2.33. The molecule has 1 aromatic heterocycles. The summed E-state index contributed by atoms with van der Waals surface area (Å²) in [6.07, 6.45) is 6.12. The number of carbonyl (C=O) groups is 4. The predicted octanol–water partition coefficient (Wildman–Crippen LogP) is 1.56. The topological polar surface area (TPSA) is 106 Å². The molecule has 27 heavy (non-hydrogen) atoms. The molecule has 1 fully saturated rings. The Kier molecular flexibility index (Phi) is 5.85. The minimum absolute atomic E-state index is 0.0378. The summed E-state index contributed by atoms with van der Waals surface area (Å²) in [5.74, 6) is -2.06. The minimum atomic E-state index is -0.664. The molecule has 1 aliphatic heterocycles. The fourth-order valence-corrected chi connectivity index (χ4v) is 3.25. The summed E-state index contributed by atoms with van der Waals surface area (Å²) in [5, 5.41) is 2.89. The van der Waals surface area contributed by atoms with Crippen LogP contribution in [0.1, 0.15) is 19.3 Å². The number of rotatable bonds is 6. The van der Waals surface area contributed by atoms with Gasteiger partial charge in [0.2, 0.25) is 11.8 Å². The summed E-state index contributed by atoms with van der Waals surface area (Å²) < 4.78 is 4.88. The fourth-order valence-electron chi connectivity index (χ4n) is 3.14. The number of likely N-dealkylation sites (tertiary alicyclic amines) is 1. The lowest BCUT2D eigenvalue weighted by atomic mass is 9.85. The molecule has 1 aromatic rings. The first-order chi connectivity index (χ1) is 13.0. The van der Waals surface area contributed by atoms with Crippen molar-refractivity contribution in [2.75, 3.05) is 18.5 Å². The van der Waals surface area contributed by atoms with Crippen LogP contribution in [0.4, 0.5) is 5.82 Å². The molecule has 8 nitrogen and oxygen atoms in total. The van der Waals surface area contributed by atoms with Crippen molar-refractivity contribution in [3.05, 3.63) is 35.5 Å². The van der Waals surface area contributed by atoms with Gasteiger partial charge in [0.25, 0.3) is 5.91 Å². The van der Waals surface area contributed by atoms with E-state index in [1.54, 1.807) is 6.07 Å². The number of allylic oxidation sites excluding steroid dienone is 2. The number of amides is 3. The monoisotopic (exact) mass is 391 g/mol. The molecular formula is C18H18ClN3O5. The van der Waals surface area contributed by atoms with E-state index in [-0.39, 0.29) is 42.4 Å². The van der Waals surface area contributed by atoms with Crippen LogP contribution in [0.15, 0.2) is 30.5 Å². The molecule has 2 aliphatic rings. The maximum atomic E-state index is 12.3. The maximum Gasteiger partial charge on any atom is 0.308 e. The molecule has 9 heteroatoms. The number of ether oxygens (including phenoxy) is 1. The van der Waals surface area contributed by atoms with E-state index in [4.69, 9.17) is 16.3 Å². The van der Waals surface area contributed by atoms with Gasteiger partial charge in [0, 0.05) is 12.7 Å². The highest BCUT2D eigenvalue weighted by Crippen LogP contribution is 2.34. The number of aromatic nitrogens is 1. The molecule has 1 saturated heterocycles. The standard InChI is InChI=1S/C18H18ClN3O5/c19-11-5-6-14(20-9-11)21-15(23)10-27-16(24)7-8-22-17(25)12-3-1-2-4-13(12)18(22)26/h1-2,5-6,9,12-13H,3-4,7-8,10H2,(H,20,21,23)/t12-,13-/m1/s1. The van der Waals surface area contributed by atoms with Crippen LogP contribution in [-0.4, -0.2) is 46.7 Å². The lowest BCUT2D eigenvalue weighted by molar-refractivity contribution is -0.148. The molecule has 0 bridgehead atoms. The zero-order valence-electron chi connectivity index (χ0n) is 14.4. The Hall–Kier alpha value is -2.74. The van der Waals surface area contributed by atoms with Gasteiger partial charge in [-0.05, 0) is 25.0 Å². The van der Waals surface area contributed by atoms with Gasteiger partial charge >= 0.3 is 5.97 Å². The van der Waals surface area contributed by atoms with Gasteiger partial charge in [-0.15, -0.1) is 0 Å². The molecule has 0 saturated carbocycles. The van der Waals surface area contributed by atoms with Crippen LogP contribution in [0.5, 0.6) is 0 Å². The molecule has 2 heterocycles. The minimum Gasteiger partial charge on any atom is -0.456 e. The SMILES string of the molecule is O=C(COC(=O)CCN1C(=O)[C@@H]2CC=CC[C@H]2C1=O)Nc1ccc(Cl)cn1. The van der Waals surface area contributed by atoms with E-state index in [9.17, 15) is 19.2 Å². The Bertz CT molecular complexity index is 767. The van der Waals surface area contributed by atoms with Gasteiger partial charge in [0.05, 0.1) is 23.3 Å². The number of pyridine rings is 1. The van der Waals surface area contributed by atoms with Gasteiger partial charge in [0.1, 0.15) is 5.82 Å². The summed E-state index contributed by atoms with van der Waals surface area (Å²) >= 11 is 5.70. The highest BCUT2D eigenvalue weighted by Gasteiger charge is 2.46. The van der Waals surface area contributed by atoms with Crippen molar-refractivity contribution in [2.45, 2.75) is 19.3 Å². The van der Waals surface area contributed by atoms with E-state index < -0.39 is 18.5 Å². The number of carbonyl (C=O) groups excluding carboxylic acids is 4. The van der Waals surface area contributed by atoms with E-state index in [2.05, 4.69) is 10.3 Å². The molecule has 3 rings (SSSR count). The number of fused-ring (bicyclic) bond motifs is 1. The van der Waals surface area contributed by atoms with E-state index >= 15 is 0 Å². The molecule has 0 radical (unpaired) electrons. The second-order valence-corrected chi connectivity index (χ2v) is 6.74. The highest BCUT2D eigenvalue weighted by molar-refractivity contribution is 6.30. The van der Waals surface area contributed by atoms with Crippen LogP contribution >= 0.6 is 11.6 Å². The number of hydrogen-bond acceptors (Lipinski definition) is 6. The first-order valence-electron chi connectivity index (χ1n) is 8.53. The Labute approximate surface area is 160 Å². The van der Waals surface area contributed by atoms with Crippen molar-refractivity contribution in [3.63, 3.8) is 0 Å². The molecule has 0 aromatic carbocycles. The van der Waals surface area contributed by atoms with Crippen LogP contribution in [-0.2, 0) is 23.9 Å². The van der Waals surface area contributed by atoms with E-state index in [1.165, 1.54) is 12.3 Å². The first-order valence-corrected chi connectivity index (χ1v) is 8.90. The van der Waals surface area contributed by atoms with Gasteiger partial charge in [-0.25, -0.2) is 4.98 Å². The number of esters is 1. The summed E-state index contributed by atoms with van der Waals surface area (Å²) in [6.45, 7) is -0.524. The number of hydrogen-bond donors (Lipinski definition) is 1. The van der Waals surface area contributed by atoms with Crippen molar-refractivity contribution >= 4 is 41.1 Å². The molecule has 0 spiro atoms. The lowest BCUT2D eigenvalue weighted by Gasteiger charge is -2.14. The molecule has 142 valence electrons. The van der Waals surface area contributed by atoms with Crippen molar-refractivity contribution in [3.8, 4) is 0 Å². The Morgan fingerprint density at radius 3 is 2.44 bits per heavy atom. The number of nitrogens with zero attached hydrogens (tertiary/aromatic N) is 2. The maximum absolute atomic E-state index is 12.3. The molecule has 0 unspecified atom stereocenters. The average molecular weight is 392 g/mol. The van der Waals surface area contributed by atoms with Gasteiger partial charge in [-0.2, -0.15) is 0 Å². The highest BCUT2D eigenvalue weighted by atomic mass is 35.5. The summed E-state index contributed by atoms with van der Waals surface area (Å²) in [7, 11) is 0. The van der Waals surface area contributed by atoms with E-state index in [1.807, 2.05) is 12.2 Å². The van der Waals surface area contributed by atoms with Gasteiger partial charge in [-0.3, -0.25) is 24.1 Å². The zero-order chi connectivity index (χ0) is 19.4. The third-order valence-electron chi connectivity index (χ3n) is 4.50. The first kappa shape index (κ1) is 19.0. The summed E-state index contributed by atoms with van der Waals surface area (Å²) in [4.78, 5) is 53.2. The summed E-state index contributed by atoms with van der Waals surface area (Å²) in [5.41, 5.74) is 0. The van der Waals surface area contributed by atoms with Crippen molar-refractivity contribution in [2.24, 2.45) is 11.8 Å². The Balaban J connectivity index is 1.42. The fraction of sp³-hybridized carbons (Fsp3) is 0.389. The van der Waals surface area contributed by atoms with Crippen LogP contribution < -0.4 is 5.32 Å². The number of imide groups is 1. The van der Waals surface area contributed by atoms with Crippen LogP contribution in [0, 0.1) is 11.8 Å². The van der Waals surface area contributed by atoms with Crippen LogP contribution in [0.3, 0.4) is 0 Å². The van der Waals surface area contributed by atoms with Crippen molar-refractivity contribution in [1.82, 2.24) is 9.88 Å². The normalized spacial score (nSPS) is 21.1. The second kappa shape index (κ2) is 8.30. The third-order valence-corrected chi connectivity index (χ3v) is 4.72. The van der Waals surface area contributed by atoms with E-state index in [0.29, 0.717) is 17.9 Å². The predicted molar refractivity (Wildman–Crippen MR) is 95.5 cm³/mol. The quantitative estimate of drug-likeness (QED) is 0.448. The van der Waals surface area contributed by atoms with Gasteiger partial charge in [-0.1, -0.05) is 23.8 Å². The van der Waals surface area contributed by atoms with Gasteiger partial charge in [0.15, 0.2) is 6.61 Å². The van der Waals surface area contributed by atoms with E-state index in [0.717, 1.165) is 4.90 Å². The third kappa shape index (κ3) is 4.51. The molecular weight excluding hydrogens is 374 g/mol. The van der Waals surface area contributed by atoms with Crippen molar-refractivity contribution in [1.29, 1.82) is 0 Å². The number of nitrogens with one attached hydrogen (secondary N) is 1. The number of halogens is 1. The van der Waals surface area contributed by atoms with Crippen LogP contribution in [0.25, 0.3) is 0 Å². The smallest absolute Gasteiger partial charge is 0.308 e. The Morgan fingerprint density at radius 2 is 1.85 bits per heavy atom. The van der Waals surface area contributed by atoms with Crippen molar-refractivity contribution < 1.29 is 23.9 Å². The molecule has 1 aliphatic carbocycles. The zero-order valence-corrected chi connectivity index (χ0v) is 15.1. The Morgan fingerprint density at radius 1 is 1.19 bits per heavy atom. The molecule has 1 N–H and O–H groups in total. The van der Waals surface area contributed by atoms with Gasteiger partial charge < -0.3 is 10.1 Å².